The maximum atomic E-state index is 4.94. The van der Waals surface area contributed by atoms with Crippen LogP contribution in [-0.4, -0.2) is 26.3 Å². The number of hydrogen-bond donors (Lipinski definition) is 0. The van der Waals surface area contributed by atoms with Crippen LogP contribution in [0, 0.1) is 0 Å². The summed E-state index contributed by atoms with van der Waals surface area (Å²) < 4.78 is 0. The summed E-state index contributed by atoms with van der Waals surface area (Å²) in [6.45, 7) is 0. The number of hydrogen-bond acceptors (Lipinski definition) is 0. The van der Waals surface area contributed by atoms with E-state index in [0.717, 1.165) is 0 Å². The predicted molar refractivity (Wildman–Crippen MR) is 21.1 cm³/mol. The van der Waals surface area contributed by atoms with Crippen molar-refractivity contribution in [3.05, 3.63) is 0 Å². The Balaban J connectivity index is 0. The van der Waals surface area contributed by atoms with E-state index in [9.17, 15) is 0 Å². The van der Waals surface area contributed by atoms with E-state index in [2.05, 4.69) is 0 Å². The van der Waals surface area contributed by atoms with Gasteiger partial charge in [0.2, 0.25) is 0 Å². The summed E-state index contributed by atoms with van der Waals surface area (Å²) in [5, 5.41) is 0. The van der Waals surface area contributed by atoms with E-state index in [1.807, 2.05) is 0 Å². The van der Waals surface area contributed by atoms with Crippen molar-refractivity contribution in [2.45, 2.75) is 0 Å². The van der Waals surface area contributed by atoms with Crippen molar-refractivity contribution in [3.8, 4) is 0 Å². The first kappa shape index (κ1) is 9.05. The van der Waals surface area contributed by atoms with Gasteiger partial charge in [0.15, 0.2) is 0 Å². The van der Waals surface area contributed by atoms with Crippen molar-refractivity contribution in [3.63, 3.8) is 0 Å². The molecule has 0 aliphatic rings. The van der Waals surface area contributed by atoms with Crippen molar-refractivity contribution < 1.29 is 5.48 Å². The van der Waals surface area contributed by atoms with Crippen LogP contribution in [-0.2, 0) is 0 Å². The molecule has 1 nitrogen and oxygen atoms in total. The van der Waals surface area contributed by atoms with E-state index in [0.29, 0.717) is 0 Å². The van der Waals surface area contributed by atoms with Gasteiger partial charge in [-0.25, -0.2) is 0 Å². The Labute approximate surface area is 43.3 Å². The van der Waals surface area contributed by atoms with Gasteiger partial charge in [0.1, 0.15) is 0 Å². The van der Waals surface area contributed by atoms with E-state index in [-0.39, 0.29) is 5.48 Å². The monoisotopic (exact) mass is 297 g/mol. The molecule has 0 heterocycles. The van der Waals surface area contributed by atoms with Gasteiger partial charge in [-0.1, -0.05) is 0 Å². The summed E-state index contributed by atoms with van der Waals surface area (Å²) >= 11 is -0.889. The first-order valence-corrected chi connectivity index (χ1v) is 8.90. The third-order valence-corrected chi connectivity index (χ3v) is 0. The molecule has 0 fully saturated rings. The molecule has 0 unspecified atom stereocenters. The van der Waals surface area contributed by atoms with Crippen LogP contribution in [0.5, 0.6) is 0 Å². The Kier molecular flexibility index (Phi) is 20.0. The van der Waals surface area contributed by atoms with E-state index in [1.165, 1.54) is 0 Å². The van der Waals surface area contributed by atoms with Crippen molar-refractivity contribution >= 4 is 37.9 Å². The molecular formula is H2BiCl2O. The second-order valence-electron chi connectivity index (χ2n) is 0.0639. The molecule has 0 saturated carbocycles. The summed E-state index contributed by atoms with van der Waals surface area (Å²) in [4.78, 5) is 0. The summed E-state index contributed by atoms with van der Waals surface area (Å²) in [5.41, 5.74) is 0. The minimum absolute atomic E-state index is 0. The first-order chi connectivity index (χ1) is 1.41. The Morgan fingerprint density at radius 2 is 1.25 bits per heavy atom. The molecule has 2 N–H and O–H groups in total. The summed E-state index contributed by atoms with van der Waals surface area (Å²) in [6, 6.07) is 0. The normalized spacial score (nSPS) is 4.50. The second-order valence-corrected chi connectivity index (χ2v) is 5.05. The predicted octanol–water partition coefficient (Wildman–Crippen LogP) is 0.173. The van der Waals surface area contributed by atoms with Gasteiger partial charge in [-0.05, 0) is 0 Å². The standard InChI is InChI=1S/Bi.2ClH.H2O/h;2*1H;1H2/q+2;;;/p-2. The van der Waals surface area contributed by atoms with Gasteiger partial charge in [0, 0.05) is 0 Å². The van der Waals surface area contributed by atoms with Crippen LogP contribution in [0.15, 0.2) is 0 Å². The van der Waals surface area contributed by atoms with Gasteiger partial charge in [-0.15, -0.1) is 0 Å². The van der Waals surface area contributed by atoms with E-state index in [4.69, 9.17) is 17.0 Å². The van der Waals surface area contributed by atoms with Crippen LogP contribution in [0.1, 0.15) is 0 Å². The molecule has 1 radical (unpaired) electrons. The van der Waals surface area contributed by atoms with Gasteiger partial charge in [0.05, 0.1) is 0 Å². The maximum absolute atomic E-state index is 4.94. The molecule has 0 aliphatic heterocycles. The minimum atomic E-state index is -0.889. The zero-order chi connectivity index (χ0) is 2.71. The summed E-state index contributed by atoms with van der Waals surface area (Å²) in [7, 11) is 9.89. The van der Waals surface area contributed by atoms with E-state index in [1.54, 1.807) is 0 Å². The molecule has 4 heavy (non-hydrogen) atoms. The quantitative estimate of drug-likeness (QED) is 0.571. The van der Waals surface area contributed by atoms with E-state index < -0.39 is 20.8 Å². The molecule has 0 aromatic carbocycles. The topological polar surface area (TPSA) is 31.5 Å². The second kappa shape index (κ2) is 8.83. The van der Waals surface area contributed by atoms with Gasteiger partial charge in [-0.2, -0.15) is 0 Å². The molecule has 0 amide bonds. The Hall–Kier alpha value is 1.42. The van der Waals surface area contributed by atoms with Crippen molar-refractivity contribution in [2.75, 3.05) is 0 Å². The summed E-state index contributed by atoms with van der Waals surface area (Å²) in [6.07, 6.45) is 0. The van der Waals surface area contributed by atoms with Crippen LogP contribution in [0.2, 0.25) is 0 Å². The van der Waals surface area contributed by atoms with Crippen molar-refractivity contribution in [1.29, 1.82) is 0 Å². The van der Waals surface area contributed by atoms with Crippen molar-refractivity contribution in [1.82, 2.24) is 0 Å². The van der Waals surface area contributed by atoms with Gasteiger partial charge >= 0.3 is 37.9 Å². The first-order valence-electron chi connectivity index (χ1n) is 0.338. The third-order valence-electron chi connectivity index (χ3n) is 0. The fraction of sp³-hybridized carbons (Fsp3) is 0. The molecule has 0 saturated heterocycles. The zero-order valence-electron chi connectivity index (χ0n) is 1.70. The molecular weight excluding hydrogens is 296 g/mol. The Bertz CT molecular complexity index is 6.00. The fourth-order valence-corrected chi connectivity index (χ4v) is 0. The van der Waals surface area contributed by atoms with Crippen LogP contribution in [0.4, 0.5) is 0 Å². The average molecular weight is 298 g/mol. The van der Waals surface area contributed by atoms with Gasteiger partial charge in [-0.3, -0.25) is 0 Å². The van der Waals surface area contributed by atoms with Gasteiger partial charge in [0.25, 0.3) is 0 Å². The fourth-order valence-electron chi connectivity index (χ4n) is 0. The Morgan fingerprint density at radius 3 is 1.25 bits per heavy atom. The van der Waals surface area contributed by atoms with Gasteiger partial charge < -0.3 is 5.48 Å². The molecule has 27 valence electrons. The van der Waals surface area contributed by atoms with Crippen LogP contribution in [0.25, 0.3) is 0 Å². The molecule has 0 aliphatic carbocycles. The van der Waals surface area contributed by atoms with Crippen LogP contribution in [0.3, 0.4) is 0 Å². The summed E-state index contributed by atoms with van der Waals surface area (Å²) in [5.74, 6) is 0. The number of rotatable bonds is 0. The third kappa shape index (κ3) is 9.92. The van der Waals surface area contributed by atoms with Crippen LogP contribution < -0.4 is 0 Å². The molecule has 0 aromatic heterocycles. The molecule has 0 atom stereocenters. The average Bonchev–Trinajstić information content (AvgIpc) is 0.918. The zero-order valence-corrected chi connectivity index (χ0v) is 6.69. The molecule has 4 heteroatoms. The molecule has 0 rings (SSSR count). The number of halogens is 2. The van der Waals surface area contributed by atoms with Crippen molar-refractivity contribution in [2.24, 2.45) is 0 Å². The molecule has 0 spiro atoms. The Morgan fingerprint density at radius 1 is 1.25 bits per heavy atom. The van der Waals surface area contributed by atoms with E-state index >= 15 is 0 Å². The SMILES string of the molecule is O.[Cl][Bi][Cl]. The van der Waals surface area contributed by atoms with Crippen LogP contribution >= 0.6 is 17.0 Å². The molecule has 0 bridgehead atoms. The molecule has 0 aromatic rings.